The predicted molar refractivity (Wildman–Crippen MR) is 156 cm³/mol. The minimum Gasteiger partial charge on any atom is -0.484 e. The molecule has 5 nitrogen and oxygen atoms in total. The molecular formula is C30H31BrCl2N2O3. The van der Waals surface area contributed by atoms with Crippen LogP contribution in [0.2, 0.25) is 10.0 Å². The van der Waals surface area contributed by atoms with E-state index in [0.29, 0.717) is 27.8 Å². The molecule has 4 rings (SSSR count). The highest BCUT2D eigenvalue weighted by Crippen LogP contribution is 2.28. The van der Waals surface area contributed by atoms with Gasteiger partial charge in [0.15, 0.2) is 6.61 Å². The van der Waals surface area contributed by atoms with Crippen LogP contribution in [0.25, 0.3) is 0 Å². The number of ether oxygens (including phenoxy) is 1. The SMILES string of the molecule is Cc1cc(OCC(=O)N(Cc2c(Cl)cccc2Cl)[C@@H](Cc2ccccc2)C(=O)NC2CCCC2)ccc1Br. The van der Waals surface area contributed by atoms with Gasteiger partial charge in [-0.25, -0.2) is 0 Å². The topological polar surface area (TPSA) is 58.6 Å². The molecule has 0 aromatic heterocycles. The summed E-state index contributed by atoms with van der Waals surface area (Å²) in [5.74, 6) is 0.0608. The monoisotopic (exact) mass is 616 g/mol. The van der Waals surface area contributed by atoms with Crippen molar-refractivity contribution >= 4 is 50.9 Å². The Morgan fingerprint density at radius 1 is 1.03 bits per heavy atom. The maximum Gasteiger partial charge on any atom is 0.261 e. The van der Waals surface area contributed by atoms with Crippen molar-refractivity contribution in [1.29, 1.82) is 0 Å². The molecule has 0 aliphatic heterocycles. The zero-order valence-electron chi connectivity index (χ0n) is 21.3. The lowest BCUT2D eigenvalue weighted by molar-refractivity contribution is -0.143. The number of carbonyl (C=O) groups is 2. The molecule has 200 valence electrons. The Labute approximate surface area is 242 Å². The molecule has 0 unspecified atom stereocenters. The summed E-state index contributed by atoms with van der Waals surface area (Å²) in [7, 11) is 0. The fourth-order valence-corrected chi connectivity index (χ4v) is 5.47. The number of nitrogens with zero attached hydrogens (tertiary/aromatic N) is 1. The van der Waals surface area contributed by atoms with E-state index < -0.39 is 6.04 Å². The Balaban J connectivity index is 1.65. The summed E-state index contributed by atoms with van der Waals surface area (Å²) < 4.78 is 6.84. The van der Waals surface area contributed by atoms with E-state index in [2.05, 4.69) is 21.2 Å². The highest BCUT2D eigenvalue weighted by atomic mass is 79.9. The first-order valence-electron chi connectivity index (χ1n) is 12.8. The number of rotatable bonds is 10. The molecule has 0 radical (unpaired) electrons. The molecule has 1 N–H and O–H groups in total. The van der Waals surface area contributed by atoms with E-state index in [0.717, 1.165) is 41.3 Å². The number of amides is 2. The smallest absolute Gasteiger partial charge is 0.261 e. The Hall–Kier alpha value is -2.54. The lowest BCUT2D eigenvalue weighted by Gasteiger charge is -2.32. The number of halogens is 3. The molecular weight excluding hydrogens is 587 g/mol. The average molecular weight is 618 g/mol. The molecule has 0 saturated heterocycles. The first-order valence-corrected chi connectivity index (χ1v) is 14.3. The van der Waals surface area contributed by atoms with Gasteiger partial charge in [-0.15, -0.1) is 0 Å². The number of hydrogen-bond donors (Lipinski definition) is 1. The molecule has 3 aromatic carbocycles. The minimum atomic E-state index is -0.770. The Morgan fingerprint density at radius 3 is 2.37 bits per heavy atom. The molecule has 1 saturated carbocycles. The summed E-state index contributed by atoms with van der Waals surface area (Å²) in [6.45, 7) is 1.80. The number of nitrogens with one attached hydrogen (secondary N) is 1. The lowest BCUT2D eigenvalue weighted by Crippen LogP contribution is -2.53. The van der Waals surface area contributed by atoms with E-state index in [-0.39, 0.29) is 31.0 Å². The molecule has 1 aliphatic rings. The number of aryl methyl sites for hydroxylation is 1. The lowest BCUT2D eigenvalue weighted by atomic mass is 10.0. The van der Waals surface area contributed by atoms with Gasteiger partial charge in [0.05, 0.1) is 0 Å². The summed E-state index contributed by atoms with van der Waals surface area (Å²) >= 11 is 16.5. The predicted octanol–water partition coefficient (Wildman–Crippen LogP) is 7.14. The Bertz CT molecular complexity index is 1250. The number of benzene rings is 3. The second kappa shape index (κ2) is 13.5. The average Bonchev–Trinajstić information content (AvgIpc) is 3.41. The Kier molecular flexibility index (Phi) is 10.1. The summed E-state index contributed by atoms with van der Waals surface area (Å²) in [6, 6.07) is 19.8. The molecule has 0 heterocycles. The van der Waals surface area contributed by atoms with E-state index in [4.69, 9.17) is 27.9 Å². The molecule has 2 amide bonds. The normalized spacial score (nSPS) is 14.2. The van der Waals surface area contributed by atoms with Crippen molar-refractivity contribution in [1.82, 2.24) is 10.2 Å². The standard InChI is InChI=1S/C30H31BrCl2N2O3/c1-20-16-23(14-15-25(20)31)38-19-29(36)35(18-24-26(32)12-7-13-27(24)33)28(17-21-8-3-2-4-9-21)30(37)34-22-10-5-6-11-22/h2-4,7-9,12-16,22,28H,5-6,10-11,17-19H2,1H3,(H,34,37)/t28-/m0/s1. The van der Waals surface area contributed by atoms with Crippen LogP contribution < -0.4 is 10.1 Å². The van der Waals surface area contributed by atoms with E-state index in [1.807, 2.05) is 49.4 Å². The van der Waals surface area contributed by atoms with E-state index in [1.54, 1.807) is 29.2 Å². The fourth-order valence-electron chi connectivity index (χ4n) is 4.71. The van der Waals surface area contributed by atoms with E-state index in [9.17, 15) is 9.59 Å². The quantitative estimate of drug-likeness (QED) is 0.263. The number of carbonyl (C=O) groups excluding carboxylic acids is 2. The summed E-state index contributed by atoms with van der Waals surface area (Å²) in [5.41, 5.74) is 2.54. The van der Waals surface area contributed by atoms with E-state index in [1.165, 1.54) is 0 Å². The van der Waals surface area contributed by atoms with Crippen LogP contribution in [0.1, 0.15) is 42.4 Å². The second-order valence-corrected chi connectivity index (χ2v) is 11.3. The third kappa shape index (κ3) is 7.52. The van der Waals surface area contributed by atoms with Gasteiger partial charge < -0.3 is 15.0 Å². The zero-order valence-corrected chi connectivity index (χ0v) is 24.4. The van der Waals surface area contributed by atoms with Crippen molar-refractivity contribution in [3.8, 4) is 5.75 Å². The molecule has 38 heavy (non-hydrogen) atoms. The third-order valence-electron chi connectivity index (χ3n) is 6.85. The van der Waals surface area contributed by atoms with Crippen LogP contribution in [0.15, 0.2) is 71.2 Å². The van der Waals surface area contributed by atoms with Crippen LogP contribution in [0, 0.1) is 6.92 Å². The van der Waals surface area contributed by atoms with Gasteiger partial charge in [0.2, 0.25) is 5.91 Å². The van der Waals surface area contributed by atoms with Crippen LogP contribution in [-0.2, 0) is 22.6 Å². The van der Waals surface area contributed by atoms with Crippen LogP contribution in [0.4, 0.5) is 0 Å². The van der Waals surface area contributed by atoms with Crippen molar-refractivity contribution in [2.75, 3.05) is 6.61 Å². The van der Waals surface area contributed by atoms with Gasteiger partial charge in [0.25, 0.3) is 5.91 Å². The van der Waals surface area contributed by atoms with E-state index >= 15 is 0 Å². The van der Waals surface area contributed by atoms with Crippen LogP contribution in [-0.4, -0.2) is 35.4 Å². The zero-order chi connectivity index (χ0) is 27.1. The van der Waals surface area contributed by atoms with Crippen molar-refractivity contribution in [3.05, 3.63) is 97.9 Å². The molecule has 8 heteroatoms. The van der Waals surface area contributed by atoms with Gasteiger partial charge >= 0.3 is 0 Å². The van der Waals surface area contributed by atoms with Crippen LogP contribution >= 0.6 is 39.1 Å². The largest absolute Gasteiger partial charge is 0.484 e. The van der Waals surface area contributed by atoms with Crippen molar-refractivity contribution in [3.63, 3.8) is 0 Å². The maximum absolute atomic E-state index is 13.8. The minimum absolute atomic E-state index is 0.0790. The van der Waals surface area contributed by atoms with Gasteiger partial charge in [-0.2, -0.15) is 0 Å². The fraction of sp³-hybridized carbons (Fsp3) is 0.333. The van der Waals surface area contributed by atoms with Gasteiger partial charge in [0.1, 0.15) is 11.8 Å². The molecule has 0 spiro atoms. The highest BCUT2D eigenvalue weighted by molar-refractivity contribution is 9.10. The van der Waals surface area contributed by atoms with Gasteiger partial charge in [0, 0.05) is 39.1 Å². The molecule has 1 atom stereocenters. The molecule has 3 aromatic rings. The summed E-state index contributed by atoms with van der Waals surface area (Å²) in [5, 5.41) is 4.07. The van der Waals surface area contributed by atoms with Crippen molar-refractivity contribution < 1.29 is 14.3 Å². The first-order chi connectivity index (χ1) is 18.3. The Morgan fingerprint density at radius 2 is 1.71 bits per heavy atom. The van der Waals surface area contributed by atoms with Gasteiger partial charge in [-0.3, -0.25) is 9.59 Å². The van der Waals surface area contributed by atoms with Crippen molar-refractivity contribution in [2.45, 2.75) is 57.7 Å². The molecule has 1 fully saturated rings. The van der Waals surface area contributed by atoms with Crippen molar-refractivity contribution in [2.24, 2.45) is 0 Å². The third-order valence-corrected chi connectivity index (χ3v) is 8.45. The van der Waals surface area contributed by atoms with Gasteiger partial charge in [-0.05, 0) is 61.2 Å². The molecule has 0 bridgehead atoms. The van der Waals surface area contributed by atoms with Gasteiger partial charge in [-0.1, -0.05) is 88.4 Å². The summed E-state index contributed by atoms with van der Waals surface area (Å²) in [4.78, 5) is 29.1. The maximum atomic E-state index is 13.8. The second-order valence-electron chi connectivity index (χ2n) is 9.62. The number of hydrogen-bond acceptors (Lipinski definition) is 3. The first kappa shape index (κ1) is 28.5. The highest BCUT2D eigenvalue weighted by Gasteiger charge is 2.33. The van der Waals surface area contributed by atoms with Crippen LogP contribution in [0.5, 0.6) is 5.75 Å². The van der Waals surface area contributed by atoms with Crippen LogP contribution in [0.3, 0.4) is 0 Å². The summed E-state index contributed by atoms with van der Waals surface area (Å²) in [6.07, 6.45) is 4.42. The molecule has 1 aliphatic carbocycles.